The number of ether oxygens (including phenoxy) is 1. The SMILES string of the molecule is CC(O)CC1OCCC1CO. The normalized spacial score (nSPS) is 34.1. The van der Waals surface area contributed by atoms with E-state index in [0.717, 1.165) is 13.0 Å². The number of rotatable bonds is 3. The van der Waals surface area contributed by atoms with Crippen LogP contribution in [0.1, 0.15) is 19.8 Å². The molecule has 3 nitrogen and oxygen atoms in total. The van der Waals surface area contributed by atoms with Gasteiger partial charge in [0, 0.05) is 19.1 Å². The Morgan fingerprint density at radius 2 is 2.36 bits per heavy atom. The highest BCUT2D eigenvalue weighted by molar-refractivity contribution is 4.76. The molecule has 1 fully saturated rings. The second-order valence-electron chi connectivity index (χ2n) is 3.23. The average molecular weight is 160 g/mol. The molecule has 0 amide bonds. The van der Waals surface area contributed by atoms with Crippen LogP contribution in [0.5, 0.6) is 0 Å². The minimum Gasteiger partial charge on any atom is -0.396 e. The van der Waals surface area contributed by atoms with E-state index in [1.807, 2.05) is 0 Å². The van der Waals surface area contributed by atoms with Crippen LogP contribution in [-0.2, 0) is 4.74 Å². The number of hydrogen-bond donors (Lipinski definition) is 2. The Labute approximate surface area is 67.0 Å². The van der Waals surface area contributed by atoms with Crippen molar-refractivity contribution in [3.05, 3.63) is 0 Å². The van der Waals surface area contributed by atoms with Crippen molar-refractivity contribution in [1.29, 1.82) is 0 Å². The summed E-state index contributed by atoms with van der Waals surface area (Å²) in [5.41, 5.74) is 0. The van der Waals surface area contributed by atoms with Crippen molar-refractivity contribution in [1.82, 2.24) is 0 Å². The van der Waals surface area contributed by atoms with E-state index in [2.05, 4.69) is 0 Å². The highest BCUT2D eigenvalue weighted by Crippen LogP contribution is 2.23. The molecule has 1 heterocycles. The average Bonchev–Trinajstić information content (AvgIpc) is 2.34. The van der Waals surface area contributed by atoms with Crippen LogP contribution >= 0.6 is 0 Å². The van der Waals surface area contributed by atoms with Gasteiger partial charge in [0.05, 0.1) is 12.2 Å². The van der Waals surface area contributed by atoms with E-state index >= 15 is 0 Å². The first-order valence-electron chi connectivity index (χ1n) is 4.14. The van der Waals surface area contributed by atoms with Gasteiger partial charge in [-0.2, -0.15) is 0 Å². The van der Waals surface area contributed by atoms with E-state index in [-0.39, 0.29) is 24.7 Å². The third-order valence-corrected chi connectivity index (χ3v) is 2.15. The first kappa shape index (κ1) is 8.97. The number of hydrogen-bond acceptors (Lipinski definition) is 3. The van der Waals surface area contributed by atoms with Gasteiger partial charge in [-0.3, -0.25) is 0 Å². The largest absolute Gasteiger partial charge is 0.396 e. The third-order valence-electron chi connectivity index (χ3n) is 2.15. The molecule has 0 bridgehead atoms. The molecule has 0 saturated carbocycles. The third kappa shape index (κ3) is 2.43. The molecule has 0 aromatic rings. The lowest BCUT2D eigenvalue weighted by atomic mass is 9.98. The Bertz CT molecular complexity index is 114. The molecular formula is C8H16O3. The van der Waals surface area contributed by atoms with Crippen molar-refractivity contribution in [3.8, 4) is 0 Å². The van der Waals surface area contributed by atoms with Crippen LogP contribution in [0.3, 0.4) is 0 Å². The Balaban J connectivity index is 2.31. The van der Waals surface area contributed by atoms with Gasteiger partial charge in [-0.15, -0.1) is 0 Å². The zero-order chi connectivity index (χ0) is 8.27. The molecule has 3 unspecified atom stereocenters. The van der Waals surface area contributed by atoms with Gasteiger partial charge in [-0.05, 0) is 19.8 Å². The van der Waals surface area contributed by atoms with Crippen LogP contribution in [0.15, 0.2) is 0 Å². The molecule has 0 aromatic heterocycles. The summed E-state index contributed by atoms with van der Waals surface area (Å²) in [6, 6.07) is 0. The summed E-state index contributed by atoms with van der Waals surface area (Å²) in [5, 5.41) is 18.0. The Kier molecular flexibility index (Phi) is 3.30. The lowest BCUT2D eigenvalue weighted by Gasteiger charge is -2.17. The van der Waals surface area contributed by atoms with Crippen molar-refractivity contribution in [2.75, 3.05) is 13.2 Å². The fraction of sp³-hybridized carbons (Fsp3) is 1.00. The van der Waals surface area contributed by atoms with E-state index < -0.39 is 0 Å². The van der Waals surface area contributed by atoms with Crippen molar-refractivity contribution in [3.63, 3.8) is 0 Å². The first-order valence-corrected chi connectivity index (χ1v) is 4.14. The molecule has 0 radical (unpaired) electrons. The minimum atomic E-state index is -0.327. The molecule has 66 valence electrons. The fourth-order valence-electron chi connectivity index (χ4n) is 1.50. The molecule has 1 aliphatic rings. The fourth-order valence-corrected chi connectivity index (χ4v) is 1.50. The summed E-state index contributed by atoms with van der Waals surface area (Å²) in [7, 11) is 0. The smallest absolute Gasteiger partial charge is 0.0650 e. The molecule has 0 aromatic carbocycles. The van der Waals surface area contributed by atoms with Crippen molar-refractivity contribution >= 4 is 0 Å². The molecule has 11 heavy (non-hydrogen) atoms. The van der Waals surface area contributed by atoms with E-state index in [1.165, 1.54) is 0 Å². The highest BCUT2D eigenvalue weighted by Gasteiger charge is 2.28. The first-order chi connectivity index (χ1) is 5.24. The zero-order valence-electron chi connectivity index (χ0n) is 6.86. The van der Waals surface area contributed by atoms with Crippen LogP contribution < -0.4 is 0 Å². The molecular weight excluding hydrogens is 144 g/mol. The molecule has 0 spiro atoms. The van der Waals surface area contributed by atoms with Crippen LogP contribution in [0.25, 0.3) is 0 Å². The van der Waals surface area contributed by atoms with Gasteiger partial charge < -0.3 is 14.9 Å². The molecule has 3 atom stereocenters. The Morgan fingerprint density at radius 1 is 1.64 bits per heavy atom. The maximum absolute atomic E-state index is 9.06. The maximum atomic E-state index is 9.06. The monoisotopic (exact) mass is 160 g/mol. The zero-order valence-corrected chi connectivity index (χ0v) is 6.86. The highest BCUT2D eigenvalue weighted by atomic mass is 16.5. The van der Waals surface area contributed by atoms with E-state index in [9.17, 15) is 0 Å². The molecule has 1 aliphatic heterocycles. The second-order valence-corrected chi connectivity index (χ2v) is 3.23. The van der Waals surface area contributed by atoms with Gasteiger partial charge in [0.1, 0.15) is 0 Å². The summed E-state index contributed by atoms with van der Waals surface area (Å²) in [6.45, 7) is 2.65. The van der Waals surface area contributed by atoms with Gasteiger partial charge in [-0.25, -0.2) is 0 Å². The van der Waals surface area contributed by atoms with Crippen LogP contribution in [0, 0.1) is 5.92 Å². The summed E-state index contributed by atoms with van der Waals surface area (Å²) >= 11 is 0. The van der Waals surface area contributed by atoms with Gasteiger partial charge >= 0.3 is 0 Å². The van der Waals surface area contributed by atoms with Gasteiger partial charge in [0.25, 0.3) is 0 Å². The number of aliphatic hydroxyl groups is 2. The van der Waals surface area contributed by atoms with Crippen molar-refractivity contribution in [2.24, 2.45) is 5.92 Å². The summed E-state index contributed by atoms with van der Waals surface area (Å²) in [4.78, 5) is 0. The van der Waals surface area contributed by atoms with E-state index in [4.69, 9.17) is 14.9 Å². The Hall–Kier alpha value is -0.120. The predicted molar refractivity (Wildman–Crippen MR) is 41.2 cm³/mol. The van der Waals surface area contributed by atoms with Crippen LogP contribution in [0.4, 0.5) is 0 Å². The van der Waals surface area contributed by atoms with E-state index in [0.29, 0.717) is 6.42 Å². The van der Waals surface area contributed by atoms with Crippen LogP contribution in [0.2, 0.25) is 0 Å². The standard InChI is InChI=1S/C8H16O3/c1-6(10)4-8-7(5-9)2-3-11-8/h6-10H,2-5H2,1H3. The summed E-state index contributed by atoms with van der Waals surface area (Å²) < 4.78 is 5.35. The van der Waals surface area contributed by atoms with E-state index in [1.54, 1.807) is 6.92 Å². The van der Waals surface area contributed by atoms with Crippen LogP contribution in [-0.4, -0.2) is 35.6 Å². The summed E-state index contributed by atoms with van der Waals surface area (Å²) in [5.74, 6) is 0.240. The van der Waals surface area contributed by atoms with Gasteiger partial charge in [0.15, 0.2) is 0 Å². The number of aliphatic hydroxyl groups excluding tert-OH is 2. The molecule has 3 heteroatoms. The molecule has 0 aliphatic carbocycles. The lowest BCUT2D eigenvalue weighted by Crippen LogP contribution is -2.23. The predicted octanol–water partition coefficient (Wildman–Crippen LogP) is 0.155. The van der Waals surface area contributed by atoms with Gasteiger partial charge in [0.2, 0.25) is 0 Å². The maximum Gasteiger partial charge on any atom is 0.0650 e. The summed E-state index contributed by atoms with van der Waals surface area (Å²) in [6.07, 6.45) is 1.31. The Morgan fingerprint density at radius 3 is 2.91 bits per heavy atom. The lowest BCUT2D eigenvalue weighted by molar-refractivity contribution is 0.0314. The second kappa shape index (κ2) is 4.04. The topological polar surface area (TPSA) is 49.7 Å². The molecule has 2 N–H and O–H groups in total. The van der Waals surface area contributed by atoms with Gasteiger partial charge in [-0.1, -0.05) is 0 Å². The van der Waals surface area contributed by atoms with Crippen molar-refractivity contribution in [2.45, 2.75) is 32.0 Å². The minimum absolute atomic E-state index is 0.0694. The molecule has 1 saturated heterocycles. The van der Waals surface area contributed by atoms with Crippen molar-refractivity contribution < 1.29 is 14.9 Å². The molecule has 1 rings (SSSR count). The quantitative estimate of drug-likeness (QED) is 0.618.